The Balaban J connectivity index is 1.82. The van der Waals surface area contributed by atoms with E-state index in [1.54, 1.807) is 30.3 Å². The molecule has 0 saturated carbocycles. The lowest BCUT2D eigenvalue weighted by molar-refractivity contribution is -0.140. The summed E-state index contributed by atoms with van der Waals surface area (Å²) >= 11 is 0. The maximum atomic E-state index is 13.3. The van der Waals surface area contributed by atoms with Crippen LogP contribution in [-0.4, -0.2) is 80.2 Å². The van der Waals surface area contributed by atoms with E-state index in [0.29, 0.717) is 73.6 Å². The van der Waals surface area contributed by atoms with Gasteiger partial charge in [0.1, 0.15) is 19.0 Å². The molecule has 1 amide bonds. The van der Waals surface area contributed by atoms with E-state index in [1.807, 2.05) is 38.9 Å². The van der Waals surface area contributed by atoms with Crippen LogP contribution < -0.4 is 18.9 Å². The van der Waals surface area contributed by atoms with Gasteiger partial charge in [-0.1, -0.05) is 13.0 Å². The van der Waals surface area contributed by atoms with Crippen molar-refractivity contribution in [1.82, 2.24) is 9.80 Å². The van der Waals surface area contributed by atoms with Gasteiger partial charge < -0.3 is 33.9 Å². The summed E-state index contributed by atoms with van der Waals surface area (Å²) in [6, 6.07) is 9.55. The molecule has 2 heterocycles. The number of fused-ring (bicyclic) bond motifs is 1. The fourth-order valence-corrected chi connectivity index (χ4v) is 4.41. The molecule has 37 heavy (non-hydrogen) atoms. The second-order valence-electron chi connectivity index (χ2n) is 9.14. The third-order valence-corrected chi connectivity index (χ3v) is 6.19. The number of likely N-dealkylation sites (tertiary alicyclic amines) is 1. The van der Waals surface area contributed by atoms with Crippen molar-refractivity contribution in [2.75, 3.05) is 53.6 Å². The minimum atomic E-state index is -0.799. The first-order valence-corrected chi connectivity index (χ1v) is 12.6. The van der Waals surface area contributed by atoms with E-state index >= 15 is 0 Å². The molecule has 0 aliphatic carbocycles. The van der Waals surface area contributed by atoms with Crippen LogP contribution in [0.4, 0.5) is 0 Å². The zero-order valence-electron chi connectivity index (χ0n) is 21.8. The lowest BCUT2D eigenvalue weighted by Gasteiger charge is -2.27. The number of aliphatic hydroxyl groups is 1. The van der Waals surface area contributed by atoms with Crippen molar-refractivity contribution in [2.24, 2.45) is 0 Å². The Kier molecular flexibility index (Phi) is 8.23. The van der Waals surface area contributed by atoms with Crippen LogP contribution in [0.3, 0.4) is 0 Å². The zero-order chi connectivity index (χ0) is 26.5. The minimum absolute atomic E-state index is 0.0186. The number of ketones is 1. The number of aliphatic hydroxyl groups excluding tert-OH is 1. The van der Waals surface area contributed by atoms with E-state index in [1.165, 1.54) is 4.90 Å². The monoisotopic (exact) mass is 510 g/mol. The first-order valence-electron chi connectivity index (χ1n) is 12.6. The molecule has 0 unspecified atom stereocenters. The SMILES string of the molecule is CCCOc1ccc([C@H]2/C(=C(\O)c3ccc4c(c3)OCCO4)C(=O)C(=O)N2CCN(C)C)cc1OCC. The van der Waals surface area contributed by atoms with Gasteiger partial charge in [0, 0.05) is 18.7 Å². The molecule has 0 radical (unpaired) electrons. The van der Waals surface area contributed by atoms with Gasteiger partial charge in [0.05, 0.1) is 24.8 Å². The smallest absolute Gasteiger partial charge is 0.295 e. The van der Waals surface area contributed by atoms with Crippen LogP contribution in [-0.2, 0) is 9.59 Å². The van der Waals surface area contributed by atoms with Crippen LogP contribution in [0.25, 0.3) is 5.76 Å². The summed E-state index contributed by atoms with van der Waals surface area (Å²) in [6.45, 7) is 6.52. The molecular weight excluding hydrogens is 476 g/mol. The predicted octanol–water partition coefficient (Wildman–Crippen LogP) is 3.63. The fourth-order valence-electron chi connectivity index (χ4n) is 4.41. The Morgan fingerprint density at radius 2 is 1.78 bits per heavy atom. The van der Waals surface area contributed by atoms with Gasteiger partial charge in [-0.15, -0.1) is 0 Å². The summed E-state index contributed by atoms with van der Waals surface area (Å²) in [5, 5.41) is 11.4. The Bertz CT molecular complexity index is 1190. The van der Waals surface area contributed by atoms with E-state index in [9.17, 15) is 14.7 Å². The van der Waals surface area contributed by atoms with Crippen molar-refractivity contribution in [1.29, 1.82) is 0 Å². The van der Waals surface area contributed by atoms with Crippen LogP contribution in [0.5, 0.6) is 23.0 Å². The molecule has 0 bridgehead atoms. The first kappa shape index (κ1) is 26.3. The van der Waals surface area contributed by atoms with Gasteiger partial charge in [0.25, 0.3) is 11.7 Å². The molecular formula is C28H34N2O7. The van der Waals surface area contributed by atoms with E-state index in [2.05, 4.69) is 0 Å². The number of carbonyl (C=O) groups excluding carboxylic acids is 2. The van der Waals surface area contributed by atoms with E-state index in [4.69, 9.17) is 18.9 Å². The topological polar surface area (TPSA) is 97.8 Å². The van der Waals surface area contributed by atoms with Gasteiger partial charge >= 0.3 is 0 Å². The number of hydrogen-bond donors (Lipinski definition) is 1. The number of Topliss-reactive ketones (excluding diaryl/α,β-unsaturated/α-hetero) is 1. The molecule has 9 nitrogen and oxygen atoms in total. The van der Waals surface area contributed by atoms with Crippen molar-refractivity contribution in [3.8, 4) is 23.0 Å². The standard InChI is InChI=1S/C28H34N2O7/c1-5-13-35-20-9-7-18(16-22(20)34-6-2)25-24(27(32)28(33)30(25)12-11-29(3)4)26(31)19-8-10-21-23(17-19)37-15-14-36-21/h7-10,16-17,25,31H,5-6,11-15H2,1-4H3/b26-24+/t25-/m0/s1. The van der Waals surface area contributed by atoms with E-state index < -0.39 is 17.7 Å². The average Bonchev–Trinajstić information content (AvgIpc) is 3.15. The maximum Gasteiger partial charge on any atom is 0.295 e. The van der Waals surface area contributed by atoms with Gasteiger partial charge in [-0.25, -0.2) is 0 Å². The van der Waals surface area contributed by atoms with Crippen molar-refractivity contribution in [3.05, 3.63) is 53.1 Å². The third-order valence-electron chi connectivity index (χ3n) is 6.19. The van der Waals surface area contributed by atoms with Crippen molar-refractivity contribution in [3.63, 3.8) is 0 Å². The quantitative estimate of drug-likeness (QED) is 0.294. The van der Waals surface area contributed by atoms with Gasteiger partial charge in [0.2, 0.25) is 0 Å². The van der Waals surface area contributed by atoms with Crippen LogP contribution in [0, 0.1) is 0 Å². The number of rotatable bonds is 10. The number of carbonyl (C=O) groups is 2. The summed E-state index contributed by atoms with van der Waals surface area (Å²) in [7, 11) is 3.79. The minimum Gasteiger partial charge on any atom is -0.507 e. The molecule has 1 fully saturated rings. The number of likely N-dealkylation sites (N-methyl/N-ethyl adjacent to an activating group) is 1. The molecule has 9 heteroatoms. The van der Waals surface area contributed by atoms with E-state index in [0.717, 1.165) is 6.42 Å². The molecule has 1 N–H and O–H groups in total. The molecule has 198 valence electrons. The fraction of sp³-hybridized carbons (Fsp3) is 0.429. The molecule has 2 aromatic carbocycles. The molecule has 2 aromatic rings. The highest BCUT2D eigenvalue weighted by Crippen LogP contribution is 2.43. The summed E-state index contributed by atoms with van der Waals surface area (Å²) in [5.41, 5.74) is 1.03. The van der Waals surface area contributed by atoms with Gasteiger partial charge in [-0.2, -0.15) is 0 Å². The summed E-state index contributed by atoms with van der Waals surface area (Å²) in [4.78, 5) is 30.0. The largest absolute Gasteiger partial charge is 0.507 e. The molecule has 1 saturated heterocycles. The highest BCUT2D eigenvalue weighted by molar-refractivity contribution is 6.46. The van der Waals surface area contributed by atoms with Gasteiger partial charge in [-0.3, -0.25) is 9.59 Å². The zero-order valence-corrected chi connectivity index (χ0v) is 21.8. The average molecular weight is 511 g/mol. The Labute approximate surface area is 217 Å². The van der Waals surface area contributed by atoms with Crippen molar-refractivity contribution >= 4 is 17.4 Å². The highest BCUT2D eigenvalue weighted by Gasteiger charge is 2.46. The Hall–Kier alpha value is -3.72. The number of benzene rings is 2. The van der Waals surface area contributed by atoms with Crippen molar-refractivity contribution in [2.45, 2.75) is 26.3 Å². The summed E-state index contributed by atoms with van der Waals surface area (Å²) in [5.74, 6) is 0.489. The Morgan fingerprint density at radius 3 is 2.49 bits per heavy atom. The first-order chi connectivity index (χ1) is 17.8. The third kappa shape index (κ3) is 5.51. The lowest BCUT2D eigenvalue weighted by atomic mass is 9.94. The predicted molar refractivity (Wildman–Crippen MR) is 138 cm³/mol. The normalized spacial score (nSPS) is 18.4. The molecule has 1 atom stereocenters. The molecule has 0 aromatic heterocycles. The van der Waals surface area contributed by atoms with Gasteiger partial charge in [-0.05, 0) is 63.3 Å². The Morgan fingerprint density at radius 1 is 1.03 bits per heavy atom. The van der Waals surface area contributed by atoms with Crippen LogP contribution >= 0.6 is 0 Å². The second-order valence-corrected chi connectivity index (χ2v) is 9.14. The second kappa shape index (κ2) is 11.6. The van der Waals surface area contributed by atoms with E-state index in [-0.39, 0.29) is 11.3 Å². The van der Waals surface area contributed by atoms with Crippen LogP contribution in [0.2, 0.25) is 0 Å². The highest BCUT2D eigenvalue weighted by atomic mass is 16.6. The van der Waals surface area contributed by atoms with Crippen molar-refractivity contribution < 1.29 is 33.6 Å². The number of hydrogen-bond acceptors (Lipinski definition) is 8. The number of nitrogens with zero attached hydrogens (tertiary/aromatic N) is 2. The lowest BCUT2D eigenvalue weighted by Crippen LogP contribution is -2.35. The van der Waals surface area contributed by atoms with Crippen LogP contribution in [0.15, 0.2) is 42.0 Å². The number of amides is 1. The summed E-state index contributed by atoms with van der Waals surface area (Å²) < 4.78 is 22.9. The summed E-state index contributed by atoms with van der Waals surface area (Å²) in [6.07, 6.45) is 0.841. The van der Waals surface area contributed by atoms with Gasteiger partial charge in [0.15, 0.2) is 23.0 Å². The molecule has 2 aliphatic heterocycles. The van der Waals surface area contributed by atoms with Crippen LogP contribution in [0.1, 0.15) is 37.4 Å². The maximum absolute atomic E-state index is 13.3. The molecule has 0 spiro atoms. The number of ether oxygens (including phenoxy) is 4. The molecule has 2 aliphatic rings. The molecule has 4 rings (SSSR count).